The molecule has 36 heavy (non-hydrogen) atoms. The van der Waals surface area contributed by atoms with E-state index in [1.54, 1.807) is 24.4 Å². The zero-order chi connectivity index (χ0) is 25.4. The van der Waals surface area contributed by atoms with Crippen LogP contribution in [0, 0.1) is 0 Å². The Hall–Kier alpha value is -3.69. The van der Waals surface area contributed by atoms with Crippen molar-refractivity contribution < 1.29 is 18.3 Å². The van der Waals surface area contributed by atoms with Gasteiger partial charge in [0.1, 0.15) is 6.61 Å². The molecule has 0 atom stereocenters. The number of anilines is 1. The van der Waals surface area contributed by atoms with Crippen molar-refractivity contribution in [1.82, 2.24) is 14.8 Å². The Balaban J connectivity index is 1.81. The standard InChI is InChI=1S/C27H28N4O4S/c1-17(2)31-25-14-20-16-35-27-23(8-5-10-28-27)26(24(20)13-19(25)15-29-31)22(9-11-32)18-6-4-7-21(12-18)30-36(3,33)34/h4-8,10,12-15,17,30,32H,9,11,16H2,1-3H3/b26-22+. The second-order valence-electron chi connectivity index (χ2n) is 9.18. The zero-order valence-corrected chi connectivity index (χ0v) is 21.2. The molecular formula is C27H28N4O4S. The predicted octanol–water partition coefficient (Wildman–Crippen LogP) is 4.62. The van der Waals surface area contributed by atoms with Gasteiger partial charge in [-0.1, -0.05) is 12.1 Å². The molecule has 9 heteroatoms. The number of aliphatic hydroxyl groups is 1. The number of fused-ring (bicyclic) bond motifs is 3. The number of nitrogens with one attached hydrogen (secondary N) is 1. The molecule has 186 valence electrons. The highest BCUT2D eigenvalue weighted by Gasteiger charge is 2.25. The van der Waals surface area contributed by atoms with Crippen LogP contribution in [0.15, 0.2) is 60.9 Å². The number of sulfonamides is 1. The number of hydrogen-bond donors (Lipinski definition) is 2. The van der Waals surface area contributed by atoms with Gasteiger partial charge in [-0.05, 0) is 84.5 Å². The van der Waals surface area contributed by atoms with E-state index >= 15 is 0 Å². The quantitative estimate of drug-likeness (QED) is 0.397. The summed E-state index contributed by atoms with van der Waals surface area (Å²) in [5.41, 5.74) is 6.82. The maximum Gasteiger partial charge on any atom is 0.229 e. The van der Waals surface area contributed by atoms with Crippen molar-refractivity contribution in [3.05, 3.63) is 83.2 Å². The monoisotopic (exact) mass is 504 g/mol. The van der Waals surface area contributed by atoms with Gasteiger partial charge in [0.2, 0.25) is 15.9 Å². The number of rotatable bonds is 6. The van der Waals surface area contributed by atoms with Crippen molar-refractivity contribution >= 4 is 37.8 Å². The van der Waals surface area contributed by atoms with Gasteiger partial charge in [-0.25, -0.2) is 13.4 Å². The first-order valence-electron chi connectivity index (χ1n) is 11.8. The highest BCUT2D eigenvalue weighted by molar-refractivity contribution is 7.92. The van der Waals surface area contributed by atoms with Crippen LogP contribution in [0.3, 0.4) is 0 Å². The molecule has 2 aromatic heterocycles. The summed E-state index contributed by atoms with van der Waals surface area (Å²) in [7, 11) is -3.44. The molecule has 1 aliphatic heterocycles. The average molecular weight is 505 g/mol. The molecule has 0 fully saturated rings. The highest BCUT2D eigenvalue weighted by Crippen LogP contribution is 2.43. The molecular weight excluding hydrogens is 476 g/mol. The number of aromatic nitrogens is 3. The summed E-state index contributed by atoms with van der Waals surface area (Å²) in [5.74, 6) is 0.513. The van der Waals surface area contributed by atoms with Crippen LogP contribution in [-0.4, -0.2) is 41.2 Å². The number of nitrogens with zero attached hydrogens (tertiary/aromatic N) is 3. The molecule has 0 aliphatic carbocycles. The summed E-state index contributed by atoms with van der Waals surface area (Å²) in [6.07, 6.45) is 5.04. The Morgan fingerprint density at radius 3 is 2.75 bits per heavy atom. The van der Waals surface area contributed by atoms with Crippen molar-refractivity contribution in [2.75, 3.05) is 17.6 Å². The van der Waals surface area contributed by atoms with Gasteiger partial charge in [-0.3, -0.25) is 9.40 Å². The molecule has 0 radical (unpaired) electrons. The number of hydrogen-bond acceptors (Lipinski definition) is 6. The fourth-order valence-corrected chi connectivity index (χ4v) is 5.28. The fraction of sp³-hybridized carbons (Fsp3) is 0.259. The van der Waals surface area contributed by atoms with E-state index in [1.807, 2.05) is 29.1 Å². The second kappa shape index (κ2) is 9.40. The molecule has 0 saturated carbocycles. The van der Waals surface area contributed by atoms with E-state index in [9.17, 15) is 13.5 Å². The lowest BCUT2D eigenvalue weighted by molar-refractivity contribution is 0.295. The van der Waals surface area contributed by atoms with E-state index in [4.69, 9.17) is 4.74 Å². The first kappa shape index (κ1) is 24.0. The van der Waals surface area contributed by atoms with Crippen molar-refractivity contribution in [1.29, 1.82) is 0 Å². The Morgan fingerprint density at radius 2 is 2.00 bits per heavy atom. The first-order valence-corrected chi connectivity index (χ1v) is 13.6. The van der Waals surface area contributed by atoms with Crippen molar-refractivity contribution in [3.8, 4) is 5.88 Å². The zero-order valence-electron chi connectivity index (χ0n) is 20.4. The third-order valence-corrected chi connectivity index (χ3v) is 6.77. The van der Waals surface area contributed by atoms with E-state index in [1.165, 1.54) is 0 Å². The molecule has 2 aromatic carbocycles. The third-order valence-electron chi connectivity index (χ3n) is 6.16. The first-order chi connectivity index (χ1) is 17.2. The molecule has 0 spiro atoms. The van der Waals surface area contributed by atoms with Gasteiger partial charge in [0.05, 0.1) is 18.0 Å². The lowest BCUT2D eigenvalue weighted by Crippen LogP contribution is -2.09. The predicted molar refractivity (Wildman–Crippen MR) is 141 cm³/mol. The van der Waals surface area contributed by atoms with Crippen LogP contribution in [0.4, 0.5) is 5.69 Å². The van der Waals surface area contributed by atoms with Crippen LogP contribution in [0.25, 0.3) is 22.0 Å². The molecule has 3 heterocycles. The maximum atomic E-state index is 11.9. The summed E-state index contributed by atoms with van der Waals surface area (Å²) in [6, 6.07) is 15.5. The van der Waals surface area contributed by atoms with Crippen LogP contribution in [0.2, 0.25) is 0 Å². The Kier molecular flexibility index (Phi) is 6.27. The normalized spacial score (nSPS) is 14.7. The molecule has 2 N–H and O–H groups in total. The van der Waals surface area contributed by atoms with E-state index < -0.39 is 10.0 Å². The third kappa shape index (κ3) is 4.59. The topological polar surface area (TPSA) is 106 Å². The van der Waals surface area contributed by atoms with Gasteiger partial charge < -0.3 is 9.84 Å². The van der Waals surface area contributed by atoms with Crippen molar-refractivity contribution in [2.45, 2.75) is 32.9 Å². The summed E-state index contributed by atoms with van der Waals surface area (Å²) in [4.78, 5) is 4.49. The van der Waals surface area contributed by atoms with E-state index in [0.717, 1.165) is 50.6 Å². The summed E-state index contributed by atoms with van der Waals surface area (Å²) < 4.78 is 34.4. The van der Waals surface area contributed by atoms with Crippen molar-refractivity contribution in [2.24, 2.45) is 0 Å². The van der Waals surface area contributed by atoms with Crippen LogP contribution >= 0.6 is 0 Å². The maximum absolute atomic E-state index is 11.9. The molecule has 1 aliphatic rings. The molecule has 0 saturated heterocycles. The summed E-state index contributed by atoms with van der Waals surface area (Å²) >= 11 is 0. The van der Waals surface area contributed by atoms with Crippen LogP contribution < -0.4 is 9.46 Å². The van der Waals surface area contributed by atoms with E-state index in [-0.39, 0.29) is 12.6 Å². The van der Waals surface area contributed by atoms with Crippen molar-refractivity contribution in [3.63, 3.8) is 0 Å². The average Bonchev–Trinajstić information content (AvgIpc) is 3.18. The molecule has 0 bridgehead atoms. The van der Waals surface area contributed by atoms with E-state index in [2.05, 4.69) is 40.8 Å². The Morgan fingerprint density at radius 1 is 1.17 bits per heavy atom. The second-order valence-corrected chi connectivity index (χ2v) is 10.9. The fourth-order valence-electron chi connectivity index (χ4n) is 4.72. The Bertz CT molecular complexity index is 1590. The van der Waals surface area contributed by atoms with Gasteiger partial charge in [-0.15, -0.1) is 0 Å². The van der Waals surface area contributed by atoms with Gasteiger partial charge in [0.25, 0.3) is 0 Å². The minimum absolute atomic E-state index is 0.0815. The summed E-state index contributed by atoms with van der Waals surface area (Å²) in [6.45, 7) is 4.44. The number of ether oxygens (including phenoxy) is 1. The van der Waals surface area contributed by atoms with E-state index in [0.29, 0.717) is 24.6 Å². The lowest BCUT2D eigenvalue weighted by Gasteiger charge is -2.18. The Labute approximate surface area is 210 Å². The minimum Gasteiger partial charge on any atom is -0.472 e. The SMILES string of the molecule is CC(C)n1ncc2cc3c(cc21)COc1ncccc1/C3=C(/CCO)c1cccc(NS(C)(=O)=O)c1. The van der Waals surface area contributed by atoms with Gasteiger partial charge in [0, 0.05) is 35.5 Å². The molecule has 5 rings (SSSR count). The van der Waals surface area contributed by atoms with Gasteiger partial charge in [-0.2, -0.15) is 5.10 Å². The van der Waals surface area contributed by atoms with Gasteiger partial charge in [0.15, 0.2) is 0 Å². The smallest absolute Gasteiger partial charge is 0.229 e. The highest BCUT2D eigenvalue weighted by atomic mass is 32.2. The van der Waals surface area contributed by atoms with Crippen LogP contribution in [0.1, 0.15) is 48.6 Å². The van der Waals surface area contributed by atoms with Crippen LogP contribution in [0.5, 0.6) is 5.88 Å². The molecule has 4 aromatic rings. The number of benzene rings is 2. The molecule has 8 nitrogen and oxygen atoms in total. The van der Waals surface area contributed by atoms with Gasteiger partial charge >= 0.3 is 0 Å². The summed E-state index contributed by atoms with van der Waals surface area (Å²) in [5, 5.41) is 15.7. The number of aliphatic hydroxyl groups excluding tert-OH is 1. The number of pyridine rings is 1. The lowest BCUT2D eigenvalue weighted by atomic mass is 9.86. The molecule has 0 amide bonds. The largest absolute Gasteiger partial charge is 0.472 e. The van der Waals surface area contributed by atoms with Crippen LogP contribution in [-0.2, 0) is 16.6 Å². The minimum atomic E-state index is -3.44. The molecule has 0 unspecified atom stereocenters.